The first-order valence-electron chi connectivity index (χ1n) is 6.71. The van der Waals surface area contributed by atoms with Crippen molar-refractivity contribution < 1.29 is 4.79 Å². The highest BCUT2D eigenvalue weighted by atomic mass is 16.1. The Kier molecular flexibility index (Phi) is 3.61. The maximum Gasteiger partial charge on any atom is 0.222 e. The van der Waals surface area contributed by atoms with Crippen LogP contribution < -0.4 is 11.1 Å². The molecule has 2 aromatic heterocycles. The number of fused-ring (bicyclic) bond motifs is 1. The number of aromatic nitrogens is 4. The molecule has 22 heavy (non-hydrogen) atoms. The van der Waals surface area contributed by atoms with Crippen LogP contribution in [0.2, 0.25) is 0 Å². The lowest BCUT2D eigenvalue weighted by Crippen LogP contribution is -2.04. The highest BCUT2D eigenvalue weighted by Gasteiger charge is 2.03. The molecular formula is C15H14N6O. The van der Waals surface area contributed by atoms with E-state index >= 15 is 0 Å². The van der Waals surface area contributed by atoms with Crippen molar-refractivity contribution in [2.24, 2.45) is 0 Å². The van der Waals surface area contributed by atoms with Gasteiger partial charge >= 0.3 is 0 Å². The number of ketones is 1. The molecule has 0 saturated carbocycles. The van der Waals surface area contributed by atoms with Crippen molar-refractivity contribution >= 4 is 28.6 Å². The molecule has 0 amide bonds. The SMILES string of the molecule is CC(=O)c1ccc(NCc2cnc3nc(N)ncc3n2)cc1. The minimum absolute atomic E-state index is 0.0474. The second kappa shape index (κ2) is 5.72. The third-order valence-electron chi connectivity index (χ3n) is 3.13. The lowest BCUT2D eigenvalue weighted by molar-refractivity contribution is 0.101. The van der Waals surface area contributed by atoms with Gasteiger partial charge in [-0.1, -0.05) is 0 Å². The topological polar surface area (TPSA) is 107 Å². The van der Waals surface area contributed by atoms with Gasteiger partial charge in [0, 0.05) is 11.3 Å². The standard InChI is InChI=1S/C15H14N6O/c1-9(22)10-2-4-11(5-3-10)17-6-12-7-18-14-13(20-12)8-19-15(16)21-14/h2-5,7-8,17H,6H2,1H3,(H2,16,18,19,21). The first kappa shape index (κ1) is 13.9. The maximum atomic E-state index is 11.2. The monoisotopic (exact) mass is 294 g/mol. The summed E-state index contributed by atoms with van der Waals surface area (Å²) in [5, 5.41) is 3.22. The fourth-order valence-corrected chi connectivity index (χ4v) is 1.97. The van der Waals surface area contributed by atoms with Crippen LogP contribution in [0.1, 0.15) is 23.0 Å². The number of benzene rings is 1. The van der Waals surface area contributed by atoms with Crippen LogP contribution in [0, 0.1) is 0 Å². The van der Waals surface area contributed by atoms with E-state index in [1.165, 1.54) is 0 Å². The number of hydrogen-bond donors (Lipinski definition) is 2. The second-order valence-corrected chi connectivity index (χ2v) is 4.79. The second-order valence-electron chi connectivity index (χ2n) is 4.79. The van der Waals surface area contributed by atoms with Gasteiger partial charge in [-0.2, -0.15) is 4.98 Å². The largest absolute Gasteiger partial charge is 0.379 e. The molecule has 0 aliphatic carbocycles. The molecule has 0 aliphatic heterocycles. The first-order valence-corrected chi connectivity index (χ1v) is 6.71. The Balaban J connectivity index is 1.73. The van der Waals surface area contributed by atoms with Crippen molar-refractivity contribution in [1.82, 2.24) is 19.9 Å². The number of anilines is 2. The molecule has 110 valence electrons. The fourth-order valence-electron chi connectivity index (χ4n) is 1.97. The molecule has 0 spiro atoms. The van der Waals surface area contributed by atoms with Gasteiger partial charge in [-0.25, -0.2) is 15.0 Å². The highest BCUT2D eigenvalue weighted by molar-refractivity contribution is 5.94. The van der Waals surface area contributed by atoms with E-state index in [2.05, 4.69) is 25.3 Å². The normalized spacial score (nSPS) is 10.6. The summed E-state index contributed by atoms with van der Waals surface area (Å²) in [6, 6.07) is 7.28. The van der Waals surface area contributed by atoms with E-state index in [4.69, 9.17) is 5.73 Å². The third kappa shape index (κ3) is 2.98. The molecule has 0 fully saturated rings. The molecule has 0 bridgehead atoms. The molecule has 0 saturated heterocycles. The van der Waals surface area contributed by atoms with Crippen molar-refractivity contribution in [3.63, 3.8) is 0 Å². The van der Waals surface area contributed by atoms with Crippen LogP contribution in [0.5, 0.6) is 0 Å². The molecule has 0 unspecified atom stereocenters. The van der Waals surface area contributed by atoms with Crippen molar-refractivity contribution in [3.8, 4) is 0 Å². The Morgan fingerprint density at radius 3 is 2.64 bits per heavy atom. The van der Waals surface area contributed by atoms with E-state index in [1.54, 1.807) is 31.5 Å². The smallest absolute Gasteiger partial charge is 0.222 e. The molecule has 3 rings (SSSR count). The minimum Gasteiger partial charge on any atom is -0.379 e. The molecule has 7 heteroatoms. The van der Waals surface area contributed by atoms with Gasteiger partial charge in [0.05, 0.1) is 24.6 Å². The van der Waals surface area contributed by atoms with Crippen LogP contribution in [0.3, 0.4) is 0 Å². The quantitative estimate of drug-likeness (QED) is 0.707. The fraction of sp³-hybridized carbons (Fsp3) is 0.133. The lowest BCUT2D eigenvalue weighted by Gasteiger charge is -2.07. The third-order valence-corrected chi connectivity index (χ3v) is 3.13. The van der Waals surface area contributed by atoms with Crippen LogP contribution in [0.4, 0.5) is 11.6 Å². The predicted molar refractivity (Wildman–Crippen MR) is 83.3 cm³/mol. The van der Waals surface area contributed by atoms with Crippen LogP contribution in [0.15, 0.2) is 36.7 Å². The number of hydrogen-bond acceptors (Lipinski definition) is 7. The average molecular weight is 294 g/mol. The van der Waals surface area contributed by atoms with Crippen LogP contribution in [0.25, 0.3) is 11.2 Å². The summed E-state index contributed by atoms with van der Waals surface area (Å²) in [5.41, 5.74) is 8.93. The summed E-state index contributed by atoms with van der Waals surface area (Å²) < 4.78 is 0. The van der Waals surface area contributed by atoms with Crippen LogP contribution >= 0.6 is 0 Å². The zero-order valence-electron chi connectivity index (χ0n) is 11.9. The van der Waals surface area contributed by atoms with Crippen molar-refractivity contribution in [3.05, 3.63) is 47.9 Å². The Hall–Kier alpha value is -3.09. The van der Waals surface area contributed by atoms with Gasteiger partial charge in [-0.15, -0.1) is 0 Å². The molecule has 2 heterocycles. The Labute approximate surface area is 126 Å². The summed E-state index contributed by atoms with van der Waals surface area (Å²) in [4.78, 5) is 27.8. The van der Waals surface area contributed by atoms with Gasteiger partial charge in [0.2, 0.25) is 5.95 Å². The molecular weight excluding hydrogens is 280 g/mol. The summed E-state index contributed by atoms with van der Waals surface area (Å²) in [7, 11) is 0. The zero-order chi connectivity index (χ0) is 15.5. The van der Waals surface area contributed by atoms with E-state index < -0.39 is 0 Å². The summed E-state index contributed by atoms with van der Waals surface area (Å²) in [5.74, 6) is 0.226. The predicted octanol–water partition coefficient (Wildman–Crippen LogP) is 1.82. The number of nitrogen functional groups attached to an aromatic ring is 1. The summed E-state index contributed by atoms with van der Waals surface area (Å²) in [6.45, 7) is 2.05. The Morgan fingerprint density at radius 1 is 1.14 bits per heavy atom. The number of nitrogens with zero attached hydrogens (tertiary/aromatic N) is 4. The summed E-state index contributed by atoms with van der Waals surface area (Å²) >= 11 is 0. The van der Waals surface area contributed by atoms with Gasteiger partial charge in [0.25, 0.3) is 0 Å². The number of nitrogens with two attached hydrogens (primary N) is 1. The van der Waals surface area contributed by atoms with Crippen molar-refractivity contribution in [2.75, 3.05) is 11.1 Å². The molecule has 1 aromatic carbocycles. The Morgan fingerprint density at radius 2 is 1.91 bits per heavy atom. The molecule has 0 aliphatic rings. The zero-order valence-corrected chi connectivity index (χ0v) is 11.9. The molecule has 0 radical (unpaired) electrons. The van der Waals surface area contributed by atoms with Gasteiger partial charge in [0.1, 0.15) is 5.52 Å². The number of Topliss-reactive ketones (excluding diaryl/α,β-unsaturated/α-hetero) is 1. The van der Waals surface area contributed by atoms with E-state index in [0.717, 1.165) is 11.4 Å². The summed E-state index contributed by atoms with van der Waals surface area (Å²) in [6.07, 6.45) is 3.20. The van der Waals surface area contributed by atoms with Crippen molar-refractivity contribution in [1.29, 1.82) is 0 Å². The van der Waals surface area contributed by atoms with E-state index in [0.29, 0.717) is 23.3 Å². The molecule has 7 nitrogen and oxygen atoms in total. The van der Waals surface area contributed by atoms with Gasteiger partial charge < -0.3 is 11.1 Å². The van der Waals surface area contributed by atoms with E-state index in [9.17, 15) is 4.79 Å². The lowest BCUT2D eigenvalue weighted by atomic mass is 10.1. The molecule has 3 N–H and O–H groups in total. The average Bonchev–Trinajstić information content (AvgIpc) is 2.53. The van der Waals surface area contributed by atoms with Crippen LogP contribution in [-0.2, 0) is 6.54 Å². The van der Waals surface area contributed by atoms with Gasteiger partial charge in [-0.3, -0.25) is 4.79 Å². The van der Waals surface area contributed by atoms with Crippen molar-refractivity contribution in [2.45, 2.75) is 13.5 Å². The number of nitrogens with one attached hydrogen (secondary N) is 1. The first-order chi connectivity index (χ1) is 10.6. The van der Waals surface area contributed by atoms with Crippen LogP contribution in [-0.4, -0.2) is 25.7 Å². The van der Waals surface area contributed by atoms with E-state index in [-0.39, 0.29) is 11.7 Å². The Bertz CT molecular complexity index is 831. The van der Waals surface area contributed by atoms with E-state index in [1.807, 2.05) is 12.1 Å². The minimum atomic E-state index is 0.0474. The van der Waals surface area contributed by atoms with Gasteiger partial charge in [-0.05, 0) is 31.2 Å². The molecule has 3 aromatic rings. The number of carbonyl (C=O) groups excluding carboxylic acids is 1. The highest BCUT2D eigenvalue weighted by Crippen LogP contribution is 2.12. The number of carbonyl (C=O) groups is 1. The maximum absolute atomic E-state index is 11.2. The van der Waals surface area contributed by atoms with Gasteiger partial charge in [0.15, 0.2) is 11.4 Å². The number of rotatable bonds is 4. The molecule has 0 atom stereocenters.